The van der Waals surface area contributed by atoms with E-state index in [0.29, 0.717) is 35.0 Å². The molecule has 0 spiro atoms. The third-order valence-electron chi connectivity index (χ3n) is 5.87. The van der Waals surface area contributed by atoms with Crippen LogP contribution in [0, 0.1) is 0 Å². The van der Waals surface area contributed by atoms with Crippen LogP contribution in [0.3, 0.4) is 0 Å². The van der Waals surface area contributed by atoms with Gasteiger partial charge < -0.3 is 4.74 Å². The fourth-order valence-corrected chi connectivity index (χ4v) is 6.00. The van der Waals surface area contributed by atoms with Crippen molar-refractivity contribution < 1.29 is 4.74 Å². The SMILES string of the molecule is CCOc1ccc(-n2c(=O)c3c4c(sc3n(Cc3cccc(Cl)c3)c2=O)CCCC4)cc1. The Kier molecular flexibility index (Phi) is 5.66. The Morgan fingerprint density at radius 3 is 2.59 bits per heavy atom. The number of fused-ring (bicyclic) bond motifs is 3. The van der Waals surface area contributed by atoms with Gasteiger partial charge in [-0.25, -0.2) is 9.36 Å². The molecule has 2 heterocycles. The summed E-state index contributed by atoms with van der Waals surface area (Å²) in [6.45, 7) is 2.83. The van der Waals surface area contributed by atoms with E-state index in [1.54, 1.807) is 40.2 Å². The molecule has 2 aromatic carbocycles. The van der Waals surface area contributed by atoms with E-state index in [1.165, 1.54) is 9.44 Å². The van der Waals surface area contributed by atoms with Crippen molar-refractivity contribution >= 4 is 33.2 Å². The third kappa shape index (κ3) is 3.67. The Morgan fingerprint density at radius 2 is 1.84 bits per heavy atom. The molecule has 32 heavy (non-hydrogen) atoms. The summed E-state index contributed by atoms with van der Waals surface area (Å²) in [4.78, 5) is 29.3. The van der Waals surface area contributed by atoms with Gasteiger partial charge in [-0.2, -0.15) is 0 Å². The highest BCUT2D eigenvalue weighted by Crippen LogP contribution is 2.34. The van der Waals surface area contributed by atoms with E-state index in [1.807, 2.05) is 31.2 Å². The fraction of sp³-hybridized carbons (Fsp3) is 0.280. The van der Waals surface area contributed by atoms with Gasteiger partial charge in [0.25, 0.3) is 5.56 Å². The quantitative estimate of drug-likeness (QED) is 0.406. The summed E-state index contributed by atoms with van der Waals surface area (Å²) >= 11 is 7.78. The van der Waals surface area contributed by atoms with E-state index in [0.717, 1.165) is 41.6 Å². The number of ether oxygens (including phenoxy) is 1. The van der Waals surface area contributed by atoms with Gasteiger partial charge in [0.1, 0.15) is 10.6 Å². The minimum Gasteiger partial charge on any atom is -0.494 e. The highest BCUT2D eigenvalue weighted by Gasteiger charge is 2.24. The second-order valence-electron chi connectivity index (χ2n) is 7.96. The lowest BCUT2D eigenvalue weighted by molar-refractivity contribution is 0.340. The zero-order valence-electron chi connectivity index (χ0n) is 17.8. The number of rotatable bonds is 5. The van der Waals surface area contributed by atoms with Gasteiger partial charge in [0.15, 0.2) is 0 Å². The van der Waals surface area contributed by atoms with Crippen molar-refractivity contribution in [2.45, 2.75) is 39.2 Å². The van der Waals surface area contributed by atoms with Gasteiger partial charge in [0.2, 0.25) is 0 Å². The van der Waals surface area contributed by atoms with Gasteiger partial charge >= 0.3 is 5.69 Å². The van der Waals surface area contributed by atoms with Crippen molar-refractivity contribution in [3.63, 3.8) is 0 Å². The smallest absolute Gasteiger partial charge is 0.337 e. The average Bonchev–Trinajstić information content (AvgIpc) is 3.18. The highest BCUT2D eigenvalue weighted by atomic mass is 35.5. The maximum Gasteiger partial charge on any atom is 0.337 e. The molecule has 2 aromatic heterocycles. The van der Waals surface area contributed by atoms with Gasteiger partial charge in [0.05, 0.1) is 24.2 Å². The second kappa shape index (κ2) is 8.60. The standard InChI is InChI=1S/C25H23ClN2O3S/c1-2-31-19-12-10-18(11-13-19)28-23(29)22-20-8-3-4-9-21(20)32-24(22)27(25(28)30)15-16-6-5-7-17(26)14-16/h5-7,10-14H,2-4,8-9,15H2,1H3. The van der Waals surface area contributed by atoms with Crippen molar-refractivity contribution in [2.75, 3.05) is 6.61 Å². The predicted molar refractivity (Wildman–Crippen MR) is 130 cm³/mol. The number of benzene rings is 2. The molecule has 1 aliphatic rings. The molecule has 0 N–H and O–H groups in total. The molecular weight excluding hydrogens is 444 g/mol. The van der Waals surface area contributed by atoms with Crippen molar-refractivity contribution in [2.24, 2.45) is 0 Å². The Balaban J connectivity index is 1.77. The molecule has 0 atom stereocenters. The number of aromatic nitrogens is 2. The van der Waals surface area contributed by atoms with Crippen LogP contribution in [0.5, 0.6) is 5.75 Å². The molecule has 5 nitrogen and oxygen atoms in total. The maximum atomic E-state index is 13.7. The van der Waals surface area contributed by atoms with E-state index in [9.17, 15) is 9.59 Å². The van der Waals surface area contributed by atoms with Crippen LogP contribution in [0.15, 0.2) is 58.1 Å². The van der Waals surface area contributed by atoms with Gasteiger partial charge in [-0.15, -0.1) is 11.3 Å². The molecule has 0 saturated heterocycles. The first-order valence-corrected chi connectivity index (χ1v) is 12.0. The zero-order valence-corrected chi connectivity index (χ0v) is 19.3. The summed E-state index contributed by atoms with van der Waals surface area (Å²) in [5.74, 6) is 0.706. The number of thiophene rings is 1. The van der Waals surface area contributed by atoms with Crippen LogP contribution in [0.4, 0.5) is 0 Å². The molecule has 0 amide bonds. The molecule has 0 aliphatic heterocycles. The van der Waals surface area contributed by atoms with Crippen LogP contribution in [-0.2, 0) is 19.4 Å². The average molecular weight is 467 g/mol. The second-order valence-corrected chi connectivity index (χ2v) is 9.48. The minimum atomic E-state index is -0.342. The fourth-order valence-electron chi connectivity index (χ4n) is 4.41. The molecule has 0 saturated carbocycles. The van der Waals surface area contributed by atoms with Crippen molar-refractivity contribution in [1.29, 1.82) is 0 Å². The van der Waals surface area contributed by atoms with E-state index in [-0.39, 0.29) is 11.2 Å². The van der Waals surface area contributed by atoms with Gasteiger partial charge in [-0.3, -0.25) is 9.36 Å². The molecule has 0 unspecified atom stereocenters. The summed E-state index contributed by atoms with van der Waals surface area (Å²) in [7, 11) is 0. The predicted octanol–water partition coefficient (Wildman–Crippen LogP) is 5.19. The Hall–Kier alpha value is -2.83. The molecule has 4 aromatic rings. The monoisotopic (exact) mass is 466 g/mol. The van der Waals surface area contributed by atoms with Crippen LogP contribution >= 0.6 is 22.9 Å². The maximum absolute atomic E-state index is 13.7. The number of halogens is 1. The normalized spacial score (nSPS) is 13.3. The summed E-state index contributed by atoms with van der Waals surface area (Å²) < 4.78 is 8.54. The third-order valence-corrected chi connectivity index (χ3v) is 7.42. The lowest BCUT2D eigenvalue weighted by Crippen LogP contribution is -2.39. The van der Waals surface area contributed by atoms with Crippen molar-refractivity contribution in [1.82, 2.24) is 9.13 Å². The first kappa shape index (κ1) is 21.0. The van der Waals surface area contributed by atoms with Crippen molar-refractivity contribution in [3.05, 3.63) is 90.4 Å². The minimum absolute atomic E-state index is 0.240. The zero-order chi connectivity index (χ0) is 22.2. The van der Waals surface area contributed by atoms with Gasteiger partial charge in [-0.1, -0.05) is 23.7 Å². The molecule has 1 aliphatic carbocycles. The molecule has 0 bridgehead atoms. The van der Waals surface area contributed by atoms with Crippen LogP contribution < -0.4 is 16.0 Å². The van der Waals surface area contributed by atoms with E-state index in [4.69, 9.17) is 16.3 Å². The highest BCUT2D eigenvalue weighted by molar-refractivity contribution is 7.18. The Bertz CT molecular complexity index is 1420. The summed E-state index contributed by atoms with van der Waals surface area (Å²) in [5, 5.41) is 1.30. The number of hydrogen-bond acceptors (Lipinski definition) is 4. The molecule has 5 rings (SSSR count). The molecule has 0 radical (unpaired) electrons. The molecule has 0 fully saturated rings. The first-order valence-electron chi connectivity index (χ1n) is 10.8. The van der Waals surface area contributed by atoms with Crippen molar-refractivity contribution in [3.8, 4) is 11.4 Å². The number of nitrogens with zero attached hydrogens (tertiary/aromatic N) is 2. The van der Waals surface area contributed by atoms with Crippen LogP contribution in [0.25, 0.3) is 15.9 Å². The summed E-state index contributed by atoms with van der Waals surface area (Å²) in [6.07, 6.45) is 4.02. The van der Waals surface area contributed by atoms with Crippen LogP contribution in [0.2, 0.25) is 5.02 Å². The van der Waals surface area contributed by atoms with Gasteiger partial charge in [0, 0.05) is 9.90 Å². The number of hydrogen-bond donors (Lipinski definition) is 0. The Labute approximate surface area is 194 Å². The van der Waals surface area contributed by atoms with Crippen LogP contribution in [-0.4, -0.2) is 15.7 Å². The molecule has 164 valence electrons. The Morgan fingerprint density at radius 1 is 1.06 bits per heavy atom. The van der Waals surface area contributed by atoms with Gasteiger partial charge in [-0.05, 0) is 80.1 Å². The number of aryl methyl sites for hydroxylation is 2. The molecular formula is C25H23ClN2O3S. The topological polar surface area (TPSA) is 53.2 Å². The lowest BCUT2D eigenvalue weighted by atomic mass is 9.97. The van der Waals surface area contributed by atoms with E-state index < -0.39 is 0 Å². The lowest BCUT2D eigenvalue weighted by Gasteiger charge is -2.14. The molecule has 7 heteroatoms. The largest absolute Gasteiger partial charge is 0.494 e. The first-order chi connectivity index (χ1) is 15.6. The van der Waals surface area contributed by atoms with E-state index in [2.05, 4.69) is 0 Å². The van der Waals surface area contributed by atoms with E-state index >= 15 is 0 Å². The summed E-state index contributed by atoms with van der Waals surface area (Å²) in [5.41, 5.74) is 1.99. The summed E-state index contributed by atoms with van der Waals surface area (Å²) in [6, 6.07) is 14.6. The van der Waals surface area contributed by atoms with Crippen LogP contribution in [0.1, 0.15) is 35.8 Å².